The Kier molecular flexibility index (Phi) is 4.30. The second kappa shape index (κ2) is 6.63. The van der Waals surface area contributed by atoms with E-state index in [1.807, 2.05) is 12.2 Å². The molecule has 0 aromatic heterocycles. The van der Waals surface area contributed by atoms with Gasteiger partial charge < -0.3 is 0 Å². The predicted octanol–water partition coefficient (Wildman–Crippen LogP) is 6.98. The molecule has 0 fully saturated rings. The predicted molar refractivity (Wildman–Crippen MR) is 112 cm³/mol. The molecule has 1 heteroatoms. The Morgan fingerprint density at radius 3 is 2.15 bits per heavy atom. The summed E-state index contributed by atoms with van der Waals surface area (Å²) in [6.07, 6.45) is 10.8. The summed E-state index contributed by atoms with van der Waals surface area (Å²) in [4.78, 5) is 0. The summed E-state index contributed by atoms with van der Waals surface area (Å²) in [5, 5.41) is 0.753. The Morgan fingerprint density at radius 2 is 1.50 bits per heavy atom. The van der Waals surface area contributed by atoms with Crippen molar-refractivity contribution in [2.45, 2.75) is 19.3 Å². The van der Waals surface area contributed by atoms with Gasteiger partial charge >= 0.3 is 0 Å². The maximum atomic E-state index is 6.40. The van der Waals surface area contributed by atoms with E-state index in [0.717, 1.165) is 5.03 Å². The molecule has 0 spiro atoms. The molecule has 2 aliphatic rings. The molecule has 0 heterocycles. The van der Waals surface area contributed by atoms with Crippen molar-refractivity contribution in [3.05, 3.63) is 124 Å². The Hall–Kier alpha value is -2.57. The SMILES string of the molecule is CC(C)=C1C=C(c2ccccc2)C2=CC=C(Cl)C=CC21c1ccccc1. The van der Waals surface area contributed by atoms with Crippen LogP contribution < -0.4 is 0 Å². The molecule has 128 valence electrons. The Bertz CT molecular complexity index is 981. The van der Waals surface area contributed by atoms with Crippen LogP contribution in [0, 0.1) is 0 Å². The molecule has 4 rings (SSSR count). The maximum absolute atomic E-state index is 6.40. The van der Waals surface area contributed by atoms with E-state index < -0.39 is 0 Å². The van der Waals surface area contributed by atoms with Crippen molar-refractivity contribution in [1.82, 2.24) is 0 Å². The topological polar surface area (TPSA) is 0 Å². The lowest BCUT2D eigenvalue weighted by atomic mass is 9.69. The molecule has 0 nitrogen and oxygen atoms in total. The van der Waals surface area contributed by atoms with Crippen molar-refractivity contribution in [3.63, 3.8) is 0 Å². The van der Waals surface area contributed by atoms with Crippen LogP contribution >= 0.6 is 11.6 Å². The number of halogens is 1. The third-order valence-electron chi connectivity index (χ3n) is 5.18. The second-order valence-corrected chi connectivity index (χ2v) is 7.41. The summed E-state index contributed by atoms with van der Waals surface area (Å²) >= 11 is 6.40. The third-order valence-corrected chi connectivity index (χ3v) is 5.43. The molecule has 0 saturated carbocycles. The van der Waals surface area contributed by atoms with Gasteiger partial charge in [-0.3, -0.25) is 0 Å². The molecule has 0 bridgehead atoms. The average Bonchev–Trinajstić information content (AvgIpc) is 2.92. The summed E-state index contributed by atoms with van der Waals surface area (Å²) in [5.74, 6) is 0. The van der Waals surface area contributed by atoms with E-state index in [0.29, 0.717) is 0 Å². The minimum absolute atomic E-state index is 0.307. The zero-order valence-corrected chi connectivity index (χ0v) is 15.8. The first-order valence-electron chi connectivity index (χ1n) is 8.91. The van der Waals surface area contributed by atoms with E-state index in [2.05, 4.69) is 92.7 Å². The van der Waals surface area contributed by atoms with Gasteiger partial charge in [-0.15, -0.1) is 0 Å². The first kappa shape index (κ1) is 16.9. The van der Waals surface area contributed by atoms with E-state index in [1.165, 1.54) is 33.4 Å². The molecule has 2 aliphatic carbocycles. The fourth-order valence-corrected chi connectivity index (χ4v) is 4.15. The Balaban J connectivity index is 2.05. The highest BCUT2D eigenvalue weighted by Gasteiger charge is 2.43. The van der Waals surface area contributed by atoms with Gasteiger partial charge in [0.2, 0.25) is 0 Å². The largest absolute Gasteiger partial charge is 0.0844 e. The molecule has 0 aliphatic heterocycles. The molecule has 1 unspecified atom stereocenters. The van der Waals surface area contributed by atoms with E-state index in [1.54, 1.807) is 0 Å². The maximum Gasteiger partial charge on any atom is 0.0641 e. The van der Waals surface area contributed by atoms with Gasteiger partial charge in [-0.1, -0.05) is 90.0 Å². The number of allylic oxidation sites excluding steroid dienone is 10. The minimum atomic E-state index is -0.307. The highest BCUT2D eigenvalue weighted by Crippen LogP contribution is 2.54. The van der Waals surface area contributed by atoms with Gasteiger partial charge in [-0.2, -0.15) is 0 Å². The summed E-state index contributed by atoms with van der Waals surface area (Å²) in [7, 11) is 0. The van der Waals surface area contributed by atoms with Gasteiger partial charge in [0, 0.05) is 5.03 Å². The highest BCUT2D eigenvalue weighted by molar-refractivity contribution is 6.31. The molecule has 0 radical (unpaired) electrons. The van der Waals surface area contributed by atoms with Crippen molar-refractivity contribution in [1.29, 1.82) is 0 Å². The first-order valence-corrected chi connectivity index (χ1v) is 9.29. The normalized spacial score (nSPS) is 21.5. The first-order chi connectivity index (χ1) is 12.6. The van der Waals surface area contributed by atoms with Crippen LogP contribution in [0.15, 0.2) is 113 Å². The lowest BCUT2D eigenvalue weighted by molar-refractivity contribution is 0.791. The lowest BCUT2D eigenvalue weighted by Gasteiger charge is -2.32. The molecule has 0 N–H and O–H groups in total. The molecular weight excluding hydrogens is 336 g/mol. The third kappa shape index (κ3) is 2.62. The standard InChI is InChI=1S/C25H21Cl/c1-18(2)24-17-22(19-9-5-3-6-10-19)23-14-13-21(26)15-16-25(23,24)20-11-7-4-8-12-20/h3-17H,1-2H3. The van der Waals surface area contributed by atoms with Crippen LogP contribution in [0.2, 0.25) is 0 Å². The van der Waals surface area contributed by atoms with Crippen molar-refractivity contribution in [3.8, 4) is 0 Å². The zero-order chi connectivity index (χ0) is 18.1. The smallest absolute Gasteiger partial charge is 0.0641 e. The summed E-state index contributed by atoms with van der Waals surface area (Å²) < 4.78 is 0. The monoisotopic (exact) mass is 356 g/mol. The van der Waals surface area contributed by atoms with Crippen molar-refractivity contribution in [2.75, 3.05) is 0 Å². The van der Waals surface area contributed by atoms with Crippen LogP contribution in [0.4, 0.5) is 0 Å². The number of rotatable bonds is 2. The van der Waals surface area contributed by atoms with Crippen LogP contribution in [0.3, 0.4) is 0 Å². The molecule has 2 aromatic rings. The van der Waals surface area contributed by atoms with Crippen molar-refractivity contribution < 1.29 is 0 Å². The fourth-order valence-electron chi connectivity index (χ4n) is 4.02. The van der Waals surface area contributed by atoms with Crippen LogP contribution in [0.1, 0.15) is 25.0 Å². The number of hydrogen-bond acceptors (Lipinski definition) is 0. The fraction of sp³-hybridized carbons (Fsp3) is 0.120. The van der Waals surface area contributed by atoms with Gasteiger partial charge in [-0.25, -0.2) is 0 Å². The molecule has 26 heavy (non-hydrogen) atoms. The van der Waals surface area contributed by atoms with Crippen LogP contribution in [-0.2, 0) is 5.41 Å². The van der Waals surface area contributed by atoms with Gasteiger partial charge in [0.1, 0.15) is 0 Å². The van der Waals surface area contributed by atoms with Crippen molar-refractivity contribution in [2.24, 2.45) is 0 Å². The quantitative estimate of drug-likeness (QED) is 0.544. The summed E-state index contributed by atoms with van der Waals surface area (Å²) in [6.45, 7) is 4.38. The van der Waals surface area contributed by atoms with Crippen LogP contribution in [0.5, 0.6) is 0 Å². The van der Waals surface area contributed by atoms with Gasteiger partial charge in [-0.05, 0) is 59.9 Å². The van der Waals surface area contributed by atoms with Crippen LogP contribution in [0.25, 0.3) is 5.57 Å². The number of hydrogen-bond donors (Lipinski definition) is 0. The van der Waals surface area contributed by atoms with Gasteiger partial charge in [0.25, 0.3) is 0 Å². The van der Waals surface area contributed by atoms with E-state index in [9.17, 15) is 0 Å². The Labute approximate surface area is 160 Å². The van der Waals surface area contributed by atoms with E-state index in [4.69, 9.17) is 11.6 Å². The highest BCUT2D eigenvalue weighted by atomic mass is 35.5. The van der Waals surface area contributed by atoms with Crippen molar-refractivity contribution >= 4 is 17.2 Å². The summed E-state index contributed by atoms with van der Waals surface area (Å²) in [6, 6.07) is 21.3. The molecule has 2 aromatic carbocycles. The zero-order valence-electron chi connectivity index (χ0n) is 15.0. The van der Waals surface area contributed by atoms with E-state index in [-0.39, 0.29) is 5.41 Å². The lowest BCUT2D eigenvalue weighted by Crippen LogP contribution is -2.25. The molecular formula is C25H21Cl. The minimum Gasteiger partial charge on any atom is -0.0844 e. The number of benzene rings is 2. The second-order valence-electron chi connectivity index (χ2n) is 6.98. The van der Waals surface area contributed by atoms with Crippen LogP contribution in [-0.4, -0.2) is 0 Å². The molecule has 0 amide bonds. The van der Waals surface area contributed by atoms with E-state index >= 15 is 0 Å². The average molecular weight is 357 g/mol. The summed E-state index contributed by atoms with van der Waals surface area (Å²) in [5.41, 5.74) is 7.36. The molecule has 1 atom stereocenters. The Morgan fingerprint density at radius 1 is 0.846 bits per heavy atom. The molecule has 0 saturated heterocycles. The van der Waals surface area contributed by atoms with Gasteiger partial charge in [0.15, 0.2) is 0 Å². The number of fused-ring (bicyclic) bond motifs is 1. The van der Waals surface area contributed by atoms with Gasteiger partial charge in [0.05, 0.1) is 5.41 Å².